The molecule has 0 aliphatic heterocycles. The van der Waals surface area contributed by atoms with Crippen molar-refractivity contribution >= 4 is 39.5 Å². The standard InChI is InChI=1S/C78H152O17P2/c1-6-10-13-16-18-20-22-24-26-28-30-32-33-35-37-39-41-43-45-47-53-58-63-77(82)94-74(68-89-76(81)62-57-52-46-44-42-40-38-36-34-31-29-27-25-23-21-19-17-14-11-7-2)70-93-97(86,87)91-66-72(79)65-90-96(84,85)92-69-73(67-88-75(80)61-56-50-15-12-8-3)95-78(83)64-59-54-49-48-51-55-60-71(5)9-4/h71-74,79H,6-70H2,1-5H3,(H,84,85)(H,86,87)/t71?,72-,73+,74+/m0/s1. The summed E-state index contributed by atoms with van der Waals surface area (Å²) in [6.45, 7) is 7.15. The van der Waals surface area contributed by atoms with Crippen LogP contribution in [0.25, 0.3) is 0 Å². The number of carbonyl (C=O) groups excluding carboxylic acids is 4. The van der Waals surface area contributed by atoms with E-state index in [-0.39, 0.29) is 25.7 Å². The Bertz CT molecular complexity index is 1860. The summed E-state index contributed by atoms with van der Waals surface area (Å²) in [5.74, 6) is -1.41. The molecule has 6 atom stereocenters. The summed E-state index contributed by atoms with van der Waals surface area (Å²) in [7, 11) is -9.90. The molecule has 0 aromatic heterocycles. The molecule has 0 heterocycles. The van der Waals surface area contributed by atoms with Crippen LogP contribution in [-0.2, 0) is 65.4 Å². The van der Waals surface area contributed by atoms with Crippen LogP contribution in [0.1, 0.15) is 413 Å². The zero-order chi connectivity index (χ0) is 71.2. The van der Waals surface area contributed by atoms with E-state index in [0.29, 0.717) is 25.7 Å². The number of carbonyl (C=O) groups is 4. The molecule has 0 saturated carbocycles. The zero-order valence-corrected chi connectivity index (χ0v) is 65.0. The summed E-state index contributed by atoms with van der Waals surface area (Å²) < 4.78 is 68.3. The van der Waals surface area contributed by atoms with E-state index >= 15 is 0 Å². The first-order chi connectivity index (χ1) is 47.1. The van der Waals surface area contributed by atoms with Crippen LogP contribution in [0.5, 0.6) is 0 Å². The van der Waals surface area contributed by atoms with Crippen molar-refractivity contribution in [1.29, 1.82) is 0 Å². The molecule has 97 heavy (non-hydrogen) atoms. The van der Waals surface area contributed by atoms with Crippen molar-refractivity contribution < 1.29 is 80.2 Å². The Kier molecular flexibility index (Phi) is 69.6. The van der Waals surface area contributed by atoms with E-state index < -0.39 is 97.5 Å². The highest BCUT2D eigenvalue weighted by Gasteiger charge is 2.30. The zero-order valence-electron chi connectivity index (χ0n) is 63.2. The average molecular weight is 1420 g/mol. The average Bonchev–Trinajstić information content (AvgIpc) is 1.98. The number of aliphatic hydroxyl groups excluding tert-OH is 1. The van der Waals surface area contributed by atoms with Gasteiger partial charge in [0.15, 0.2) is 12.2 Å². The Morgan fingerprint density at radius 2 is 0.495 bits per heavy atom. The first kappa shape index (κ1) is 95.1. The second kappa shape index (κ2) is 71.1. The second-order valence-corrected chi connectivity index (χ2v) is 31.3. The molecule has 0 amide bonds. The maximum atomic E-state index is 13.1. The molecular weight excluding hydrogens is 1270 g/mol. The number of unbranched alkanes of at least 4 members (excludes halogenated alkanes) is 49. The number of phosphoric ester groups is 2. The third kappa shape index (κ3) is 70.9. The molecule has 3 unspecified atom stereocenters. The summed E-state index contributed by atoms with van der Waals surface area (Å²) in [5, 5.41) is 10.6. The van der Waals surface area contributed by atoms with Crippen molar-refractivity contribution in [2.45, 2.75) is 432 Å². The summed E-state index contributed by atoms with van der Waals surface area (Å²) in [5.41, 5.74) is 0. The van der Waals surface area contributed by atoms with E-state index in [1.165, 1.54) is 231 Å². The van der Waals surface area contributed by atoms with E-state index in [1.54, 1.807) is 0 Å². The number of hydrogen-bond donors (Lipinski definition) is 3. The molecule has 0 radical (unpaired) electrons. The highest BCUT2D eigenvalue weighted by molar-refractivity contribution is 7.47. The number of rotatable bonds is 78. The van der Waals surface area contributed by atoms with Gasteiger partial charge in [0.2, 0.25) is 0 Å². The van der Waals surface area contributed by atoms with Crippen molar-refractivity contribution in [3.05, 3.63) is 0 Å². The van der Waals surface area contributed by atoms with E-state index in [0.717, 1.165) is 102 Å². The molecule has 0 aliphatic carbocycles. The van der Waals surface area contributed by atoms with Gasteiger partial charge >= 0.3 is 39.5 Å². The fourth-order valence-electron chi connectivity index (χ4n) is 12.0. The lowest BCUT2D eigenvalue weighted by Gasteiger charge is -2.21. The molecule has 0 aliphatic rings. The van der Waals surface area contributed by atoms with Gasteiger partial charge in [-0.1, -0.05) is 362 Å². The lowest BCUT2D eigenvalue weighted by Crippen LogP contribution is -2.30. The maximum Gasteiger partial charge on any atom is 0.472 e. The van der Waals surface area contributed by atoms with Gasteiger partial charge in [0.1, 0.15) is 19.3 Å². The van der Waals surface area contributed by atoms with Crippen LogP contribution in [0.15, 0.2) is 0 Å². The fourth-order valence-corrected chi connectivity index (χ4v) is 13.6. The Labute approximate surface area is 594 Å². The predicted octanol–water partition coefficient (Wildman–Crippen LogP) is 23.3. The maximum absolute atomic E-state index is 13.1. The molecule has 0 aromatic carbocycles. The smallest absolute Gasteiger partial charge is 0.462 e. The number of phosphoric acid groups is 2. The minimum absolute atomic E-state index is 0.103. The van der Waals surface area contributed by atoms with Crippen LogP contribution in [-0.4, -0.2) is 96.7 Å². The highest BCUT2D eigenvalue weighted by atomic mass is 31.2. The van der Waals surface area contributed by atoms with Crippen molar-refractivity contribution in [3.63, 3.8) is 0 Å². The third-order valence-corrected chi connectivity index (χ3v) is 20.5. The molecule has 0 rings (SSSR count). The van der Waals surface area contributed by atoms with Gasteiger partial charge in [-0.25, -0.2) is 9.13 Å². The molecule has 0 saturated heterocycles. The Morgan fingerprint density at radius 1 is 0.289 bits per heavy atom. The van der Waals surface area contributed by atoms with Crippen molar-refractivity contribution in [2.75, 3.05) is 39.6 Å². The van der Waals surface area contributed by atoms with Gasteiger partial charge in [0, 0.05) is 25.7 Å². The third-order valence-electron chi connectivity index (χ3n) is 18.6. The van der Waals surface area contributed by atoms with Crippen LogP contribution in [0.2, 0.25) is 0 Å². The first-order valence-electron chi connectivity index (χ1n) is 40.7. The molecule has 576 valence electrons. The predicted molar refractivity (Wildman–Crippen MR) is 395 cm³/mol. The fraction of sp³-hybridized carbons (Fsp3) is 0.949. The van der Waals surface area contributed by atoms with Gasteiger partial charge in [-0.05, 0) is 31.6 Å². The van der Waals surface area contributed by atoms with Gasteiger partial charge in [0.05, 0.1) is 26.4 Å². The SMILES string of the molecule is CCCCCCCCCCCCCCCCCCCCCCCCC(=O)O[C@H](COC(=O)CCCCCCCCCCCCCCCCCCCCCC)COP(=O)(O)OC[C@@H](O)COP(=O)(O)OC[C@@H](COC(=O)CCCCCCC)OC(=O)CCCCCCCCC(C)CC. The van der Waals surface area contributed by atoms with Crippen LogP contribution in [0.4, 0.5) is 0 Å². The summed E-state index contributed by atoms with van der Waals surface area (Å²) in [6, 6.07) is 0. The van der Waals surface area contributed by atoms with Crippen LogP contribution in [0, 0.1) is 5.92 Å². The van der Waals surface area contributed by atoms with E-state index in [1.807, 2.05) is 0 Å². The topological polar surface area (TPSA) is 237 Å². The minimum Gasteiger partial charge on any atom is -0.462 e. The summed E-state index contributed by atoms with van der Waals surface area (Å²) in [4.78, 5) is 72.5. The summed E-state index contributed by atoms with van der Waals surface area (Å²) in [6.07, 6.45) is 61.9. The number of hydrogen-bond acceptors (Lipinski definition) is 15. The van der Waals surface area contributed by atoms with E-state index in [9.17, 15) is 43.2 Å². The van der Waals surface area contributed by atoms with Crippen LogP contribution < -0.4 is 0 Å². The minimum atomic E-state index is -4.96. The second-order valence-electron chi connectivity index (χ2n) is 28.3. The Morgan fingerprint density at radius 3 is 0.732 bits per heavy atom. The van der Waals surface area contributed by atoms with Crippen molar-refractivity contribution in [3.8, 4) is 0 Å². The molecule has 0 spiro atoms. The Balaban J connectivity index is 5.09. The quantitative estimate of drug-likeness (QED) is 0.0222. The lowest BCUT2D eigenvalue weighted by molar-refractivity contribution is -0.161. The van der Waals surface area contributed by atoms with Gasteiger partial charge in [-0.3, -0.25) is 37.3 Å². The molecular formula is C78H152O17P2. The normalized spacial score (nSPS) is 14.2. The monoisotopic (exact) mass is 1420 g/mol. The van der Waals surface area contributed by atoms with E-state index in [2.05, 4.69) is 34.6 Å². The highest BCUT2D eigenvalue weighted by Crippen LogP contribution is 2.45. The molecule has 19 heteroatoms. The van der Waals surface area contributed by atoms with Gasteiger partial charge < -0.3 is 33.8 Å². The molecule has 0 bridgehead atoms. The van der Waals surface area contributed by atoms with E-state index in [4.69, 9.17) is 37.0 Å². The molecule has 3 N–H and O–H groups in total. The van der Waals surface area contributed by atoms with Gasteiger partial charge in [-0.2, -0.15) is 0 Å². The van der Waals surface area contributed by atoms with Crippen LogP contribution >= 0.6 is 15.6 Å². The number of aliphatic hydroxyl groups is 1. The van der Waals surface area contributed by atoms with Crippen LogP contribution in [0.3, 0.4) is 0 Å². The Hall–Kier alpha value is -1.94. The largest absolute Gasteiger partial charge is 0.472 e. The first-order valence-corrected chi connectivity index (χ1v) is 43.7. The lowest BCUT2D eigenvalue weighted by atomic mass is 10.00. The van der Waals surface area contributed by atoms with Gasteiger partial charge in [0.25, 0.3) is 0 Å². The van der Waals surface area contributed by atoms with Gasteiger partial charge in [-0.15, -0.1) is 0 Å². The van der Waals surface area contributed by atoms with Crippen molar-refractivity contribution in [2.24, 2.45) is 5.92 Å². The van der Waals surface area contributed by atoms with Crippen molar-refractivity contribution in [1.82, 2.24) is 0 Å². The number of esters is 4. The molecule has 0 aromatic rings. The molecule has 0 fully saturated rings. The molecule has 17 nitrogen and oxygen atoms in total. The summed E-state index contributed by atoms with van der Waals surface area (Å²) >= 11 is 0. The number of ether oxygens (including phenoxy) is 4.